The molecule has 0 saturated carbocycles. The minimum atomic E-state index is -3.30. The molecule has 25 heavy (non-hydrogen) atoms. The van der Waals surface area contributed by atoms with E-state index in [0.29, 0.717) is 19.5 Å². The van der Waals surface area contributed by atoms with Gasteiger partial charge in [-0.15, -0.1) is 0 Å². The Bertz CT molecular complexity index is 716. The predicted octanol–water partition coefficient (Wildman–Crippen LogP) is 1.10. The minimum absolute atomic E-state index is 0.0125. The molecule has 0 bridgehead atoms. The smallest absolute Gasteiger partial charge is 0.237 e. The van der Waals surface area contributed by atoms with Crippen molar-refractivity contribution in [1.29, 1.82) is 0 Å². The molecule has 0 spiro atoms. The summed E-state index contributed by atoms with van der Waals surface area (Å²) in [6.07, 6.45) is 4.66. The van der Waals surface area contributed by atoms with Crippen LogP contribution < -0.4 is 9.64 Å². The number of hydrogen-bond donors (Lipinski definition) is 0. The Morgan fingerprint density at radius 3 is 2.80 bits per heavy atom. The molecule has 8 heteroatoms. The first-order valence-corrected chi connectivity index (χ1v) is 10.7. The number of ether oxygens (including phenoxy) is 1. The molecule has 0 radical (unpaired) electrons. The molecular formula is C17H25N3O4S. The molecule has 1 atom stereocenters. The van der Waals surface area contributed by atoms with Crippen LogP contribution in [-0.4, -0.2) is 68.0 Å². The highest BCUT2D eigenvalue weighted by Gasteiger charge is 2.30. The summed E-state index contributed by atoms with van der Waals surface area (Å²) in [5, 5.41) is 0. The van der Waals surface area contributed by atoms with Gasteiger partial charge in [-0.3, -0.25) is 4.79 Å². The van der Waals surface area contributed by atoms with Crippen LogP contribution in [0.5, 0.6) is 5.75 Å². The summed E-state index contributed by atoms with van der Waals surface area (Å²) in [5.41, 5.74) is 0. The van der Waals surface area contributed by atoms with E-state index >= 15 is 0 Å². The van der Waals surface area contributed by atoms with Crippen molar-refractivity contribution >= 4 is 21.6 Å². The van der Waals surface area contributed by atoms with Crippen LogP contribution in [0.4, 0.5) is 5.82 Å². The van der Waals surface area contributed by atoms with Crippen LogP contribution in [0.1, 0.15) is 26.2 Å². The molecule has 1 aromatic heterocycles. The van der Waals surface area contributed by atoms with Crippen molar-refractivity contribution in [3.63, 3.8) is 0 Å². The van der Waals surface area contributed by atoms with Crippen LogP contribution in [0.2, 0.25) is 0 Å². The van der Waals surface area contributed by atoms with Crippen molar-refractivity contribution in [1.82, 2.24) is 9.88 Å². The van der Waals surface area contributed by atoms with Crippen LogP contribution in [0.25, 0.3) is 0 Å². The average molecular weight is 367 g/mol. The number of pyridine rings is 1. The lowest BCUT2D eigenvalue weighted by Gasteiger charge is -2.22. The number of carbonyl (C=O) groups is 1. The van der Waals surface area contributed by atoms with Gasteiger partial charge in [0.15, 0.2) is 21.4 Å². The summed E-state index contributed by atoms with van der Waals surface area (Å²) in [6, 6.07) is 3.76. The standard InChI is InChI=1S/C17H25N3O4S/c1-2-25(22,23)13-16(21)20-11-7-14(12-20)24-15-6-5-8-18-17(15)19-9-3-4-10-19/h5-6,8,14H,2-4,7,9-13H2,1H3/t14-/m1/s1. The molecule has 2 saturated heterocycles. The number of carbonyl (C=O) groups excluding carboxylic acids is 1. The molecule has 2 aliphatic heterocycles. The van der Waals surface area contributed by atoms with Gasteiger partial charge in [0.2, 0.25) is 5.91 Å². The maximum Gasteiger partial charge on any atom is 0.237 e. The van der Waals surface area contributed by atoms with Gasteiger partial charge in [-0.25, -0.2) is 13.4 Å². The Hall–Kier alpha value is -1.83. The van der Waals surface area contributed by atoms with Crippen molar-refractivity contribution in [3.8, 4) is 5.75 Å². The van der Waals surface area contributed by atoms with E-state index in [4.69, 9.17) is 4.74 Å². The number of rotatable bonds is 6. The lowest BCUT2D eigenvalue weighted by atomic mass is 10.3. The molecule has 7 nitrogen and oxygen atoms in total. The molecule has 0 N–H and O–H groups in total. The van der Waals surface area contributed by atoms with E-state index < -0.39 is 15.6 Å². The van der Waals surface area contributed by atoms with Gasteiger partial charge in [0.1, 0.15) is 11.9 Å². The monoisotopic (exact) mass is 367 g/mol. The maximum atomic E-state index is 12.2. The van der Waals surface area contributed by atoms with E-state index in [1.807, 2.05) is 12.1 Å². The molecule has 3 heterocycles. The molecule has 1 amide bonds. The lowest BCUT2D eigenvalue weighted by molar-refractivity contribution is -0.127. The number of nitrogens with zero attached hydrogens (tertiary/aromatic N) is 3. The average Bonchev–Trinajstić information content (AvgIpc) is 3.27. The van der Waals surface area contributed by atoms with Crippen molar-refractivity contribution in [2.24, 2.45) is 0 Å². The second-order valence-electron chi connectivity index (χ2n) is 6.56. The van der Waals surface area contributed by atoms with Crippen LogP contribution in [0.3, 0.4) is 0 Å². The first-order chi connectivity index (χ1) is 12.0. The minimum Gasteiger partial charge on any atom is -0.485 e. The zero-order valence-electron chi connectivity index (χ0n) is 14.6. The van der Waals surface area contributed by atoms with E-state index in [2.05, 4.69) is 9.88 Å². The fourth-order valence-electron chi connectivity index (χ4n) is 3.25. The summed E-state index contributed by atoms with van der Waals surface area (Å²) in [4.78, 5) is 20.4. The number of anilines is 1. The lowest BCUT2D eigenvalue weighted by Crippen LogP contribution is -2.35. The van der Waals surface area contributed by atoms with Gasteiger partial charge in [-0.1, -0.05) is 6.92 Å². The third-order valence-corrected chi connectivity index (χ3v) is 6.30. The Morgan fingerprint density at radius 2 is 2.08 bits per heavy atom. The van der Waals surface area contributed by atoms with Crippen molar-refractivity contribution in [2.45, 2.75) is 32.3 Å². The second kappa shape index (κ2) is 7.59. The van der Waals surface area contributed by atoms with E-state index in [-0.39, 0.29) is 17.8 Å². The van der Waals surface area contributed by atoms with Gasteiger partial charge >= 0.3 is 0 Å². The summed E-state index contributed by atoms with van der Waals surface area (Å²) >= 11 is 0. The van der Waals surface area contributed by atoms with E-state index in [1.165, 1.54) is 0 Å². The molecule has 2 fully saturated rings. The predicted molar refractivity (Wildman–Crippen MR) is 95.6 cm³/mol. The van der Waals surface area contributed by atoms with E-state index in [9.17, 15) is 13.2 Å². The van der Waals surface area contributed by atoms with Gasteiger partial charge in [0.25, 0.3) is 0 Å². The van der Waals surface area contributed by atoms with Crippen LogP contribution in [0.15, 0.2) is 18.3 Å². The highest BCUT2D eigenvalue weighted by Crippen LogP contribution is 2.30. The topological polar surface area (TPSA) is 79.8 Å². The number of amides is 1. The summed E-state index contributed by atoms with van der Waals surface area (Å²) in [7, 11) is -3.30. The zero-order valence-corrected chi connectivity index (χ0v) is 15.4. The van der Waals surface area contributed by atoms with Crippen molar-refractivity contribution < 1.29 is 17.9 Å². The molecule has 0 unspecified atom stereocenters. The molecule has 0 aliphatic carbocycles. The van der Waals surface area contributed by atoms with Gasteiger partial charge in [0.05, 0.1) is 6.54 Å². The Labute approximate surface area is 148 Å². The largest absolute Gasteiger partial charge is 0.485 e. The maximum absolute atomic E-state index is 12.2. The molecule has 3 rings (SSSR count). The number of aromatic nitrogens is 1. The Balaban J connectivity index is 1.61. The SMILES string of the molecule is CCS(=O)(=O)CC(=O)N1CC[C@@H](Oc2cccnc2N2CCCC2)C1. The third kappa shape index (κ3) is 4.42. The Morgan fingerprint density at radius 1 is 1.32 bits per heavy atom. The summed E-state index contributed by atoms with van der Waals surface area (Å²) in [5.74, 6) is 0.839. The summed E-state index contributed by atoms with van der Waals surface area (Å²) in [6.45, 7) is 4.48. The third-order valence-electron chi connectivity index (χ3n) is 4.73. The number of sulfone groups is 1. The van der Waals surface area contributed by atoms with Gasteiger partial charge < -0.3 is 14.5 Å². The van der Waals surface area contributed by atoms with Gasteiger partial charge in [-0.2, -0.15) is 0 Å². The normalized spacial score (nSPS) is 20.9. The number of likely N-dealkylation sites (tertiary alicyclic amines) is 1. The fourth-order valence-corrected chi connectivity index (χ4v) is 4.02. The molecule has 138 valence electrons. The first-order valence-electron chi connectivity index (χ1n) is 8.83. The first kappa shape index (κ1) is 18.0. The quantitative estimate of drug-likeness (QED) is 0.749. The van der Waals surface area contributed by atoms with Crippen molar-refractivity contribution in [3.05, 3.63) is 18.3 Å². The number of hydrogen-bond acceptors (Lipinski definition) is 6. The zero-order chi connectivity index (χ0) is 17.9. The van der Waals surface area contributed by atoms with Crippen LogP contribution >= 0.6 is 0 Å². The van der Waals surface area contributed by atoms with Gasteiger partial charge in [0, 0.05) is 38.0 Å². The van der Waals surface area contributed by atoms with Gasteiger partial charge in [-0.05, 0) is 25.0 Å². The molecule has 1 aromatic rings. The van der Waals surface area contributed by atoms with Crippen LogP contribution in [0, 0.1) is 0 Å². The molecular weight excluding hydrogens is 342 g/mol. The Kier molecular flexibility index (Phi) is 5.46. The van der Waals surface area contributed by atoms with E-state index in [1.54, 1.807) is 18.0 Å². The second-order valence-corrected chi connectivity index (χ2v) is 8.92. The highest BCUT2D eigenvalue weighted by molar-refractivity contribution is 7.92. The molecule has 0 aromatic carbocycles. The van der Waals surface area contributed by atoms with Crippen LogP contribution in [-0.2, 0) is 14.6 Å². The van der Waals surface area contributed by atoms with E-state index in [0.717, 1.165) is 37.5 Å². The fraction of sp³-hybridized carbons (Fsp3) is 0.647. The highest BCUT2D eigenvalue weighted by atomic mass is 32.2. The van der Waals surface area contributed by atoms with Crippen molar-refractivity contribution in [2.75, 3.05) is 42.6 Å². The molecule has 2 aliphatic rings. The summed E-state index contributed by atoms with van der Waals surface area (Å²) < 4.78 is 29.4.